The molecule has 0 saturated heterocycles. The Morgan fingerprint density at radius 2 is 2.13 bits per heavy atom. The molecule has 2 aromatic rings. The van der Waals surface area contributed by atoms with Crippen molar-refractivity contribution in [2.75, 3.05) is 33.4 Å². The molecule has 7 nitrogen and oxygen atoms in total. The molecule has 8 heteroatoms. The average molecular weight is 340 g/mol. The second kappa shape index (κ2) is 9.94. The van der Waals surface area contributed by atoms with E-state index >= 15 is 0 Å². The van der Waals surface area contributed by atoms with Crippen molar-refractivity contribution in [1.82, 2.24) is 25.4 Å². The average Bonchev–Trinajstić information content (AvgIpc) is 3.04. The number of aryl methyl sites for hydroxylation is 1. The number of hydrogen-bond donors (Lipinski definition) is 2. The molecule has 1 aromatic heterocycles. The molecule has 0 spiro atoms. The summed E-state index contributed by atoms with van der Waals surface area (Å²) in [5, 5.41) is 10.1. The van der Waals surface area contributed by atoms with E-state index in [9.17, 15) is 4.79 Å². The van der Waals surface area contributed by atoms with Gasteiger partial charge in [-0.2, -0.15) is 5.10 Å². The molecule has 0 aliphatic heterocycles. The zero-order chi connectivity index (χ0) is 15.8. The lowest BCUT2D eigenvalue weighted by Gasteiger charge is -2.10. The van der Waals surface area contributed by atoms with Gasteiger partial charge in [-0.1, -0.05) is 0 Å². The first kappa shape index (κ1) is 19.1. The van der Waals surface area contributed by atoms with Crippen molar-refractivity contribution >= 4 is 18.3 Å². The summed E-state index contributed by atoms with van der Waals surface area (Å²) >= 11 is 0. The van der Waals surface area contributed by atoms with E-state index in [0.29, 0.717) is 25.3 Å². The molecule has 0 radical (unpaired) electrons. The number of nitrogens with zero attached hydrogens (tertiary/aromatic N) is 3. The SMILES string of the molecule is COCCNCCNC(=O)c1ccc(-n2cncn2)cc1C.Cl. The van der Waals surface area contributed by atoms with E-state index in [1.54, 1.807) is 24.2 Å². The molecule has 23 heavy (non-hydrogen) atoms. The largest absolute Gasteiger partial charge is 0.383 e. The summed E-state index contributed by atoms with van der Waals surface area (Å²) in [7, 11) is 1.66. The van der Waals surface area contributed by atoms with Crippen molar-refractivity contribution in [3.05, 3.63) is 42.0 Å². The Labute approximate surface area is 141 Å². The van der Waals surface area contributed by atoms with Gasteiger partial charge in [0.15, 0.2) is 0 Å². The van der Waals surface area contributed by atoms with Gasteiger partial charge in [0.1, 0.15) is 12.7 Å². The van der Waals surface area contributed by atoms with Gasteiger partial charge < -0.3 is 15.4 Å². The molecular weight excluding hydrogens is 318 g/mol. The number of carbonyl (C=O) groups is 1. The predicted octanol–water partition coefficient (Wildman–Crippen LogP) is 0.963. The molecule has 1 heterocycles. The lowest BCUT2D eigenvalue weighted by molar-refractivity contribution is 0.0953. The van der Waals surface area contributed by atoms with E-state index in [-0.39, 0.29) is 18.3 Å². The Kier molecular flexibility index (Phi) is 8.25. The predicted molar refractivity (Wildman–Crippen MR) is 90.4 cm³/mol. The van der Waals surface area contributed by atoms with Gasteiger partial charge in [-0.3, -0.25) is 4.79 Å². The summed E-state index contributed by atoms with van der Waals surface area (Å²) in [6, 6.07) is 5.58. The molecule has 2 rings (SSSR count). The van der Waals surface area contributed by atoms with Gasteiger partial charge in [0.25, 0.3) is 5.91 Å². The number of carbonyl (C=O) groups excluding carboxylic acids is 1. The van der Waals surface area contributed by atoms with Gasteiger partial charge in [0.2, 0.25) is 0 Å². The summed E-state index contributed by atoms with van der Waals surface area (Å²) in [6.07, 6.45) is 3.10. The third-order valence-electron chi connectivity index (χ3n) is 3.21. The van der Waals surface area contributed by atoms with Gasteiger partial charge in [0, 0.05) is 32.3 Å². The number of hydrogen-bond acceptors (Lipinski definition) is 5. The minimum atomic E-state index is -0.0730. The van der Waals surface area contributed by atoms with Gasteiger partial charge in [-0.05, 0) is 30.7 Å². The maximum atomic E-state index is 12.2. The van der Waals surface area contributed by atoms with Gasteiger partial charge in [0.05, 0.1) is 12.3 Å². The first-order valence-corrected chi connectivity index (χ1v) is 7.16. The zero-order valence-electron chi connectivity index (χ0n) is 13.3. The fourth-order valence-corrected chi connectivity index (χ4v) is 2.05. The number of methoxy groups -OCH3 is 1. The van der Waals surface area contributed by atoms with Crippen molar-refractivity contribution in [3.8, 4) is 5.69 Å². The van der Waals surface area contributed by atoms with Gasteiger partial charge in [-0.15, -0.1) is 12.4 Å². The molecule has 0 aliphatic carbocycles. The molecule has 0 atom stereocenters. The molecule has 1 amide bonds. The quantitative estimate of drug-likeness (QED) is 0.700. The topological polar surface area (TPSA) is 81.1 Å². The molecule has 0 unspecified atom stereocenters. The highest BCUT2D eigenvalue weighted by Crippen LogP contribution is 2.13. The van der Waals surface area contributed by atoms with Crippen molar-refractivity contribution in [3.63, 3.8) is 0 Å². The highest BCUT2D eigenvalue weighted by molar-refractivity contribution is 5.95. The fraction of sp³-hybridized carbons (Fsp3) is 0.400. The first-order valence-electron chi connectivity index (χ1n) is 7.16. The zero-order valence-corrected chi connectivity index (χ0v) is 14.1. The summed E-state index contributed by atoms with van der Waals surface area (Å²) in [5.74, 6) is -0.0730. The van der Waals surface area contributed by atoms with E-state index in [2.05, 4.69) is 20.7 Å². The highest BCUT2D eigenvalue weighted by atomic mass is 35.5. The van der Waals surface area contributed by atoms with E-state index < -0.39 is 0 Å². The minimum Gasteiger partial charge on any atom is -0.383 e. The fourth-order valence-electron chi connectivity index (χ4n) is 2.05. The number of amides is 1. The van der Waals surface area contributed by atoms with Crippen LogP contribution in [-0.4, -0.2) is 54.0 Å². The standard InChI is InChI=1S/C15H21N5O2.ClH/c1-12-9-13(20-11-17-10-19-20)3-4-14(12)15(21)18-6-5-16-7-8-22-2;/h3-4,9-11,16H,5-8H2,1-2H3,(H,18,21);1H. The second-order valence-electron chi connectivity index (χ2n) is 4.84. The lowest BCUT2D eigenvalue weighted by atomic mass is 10.1. The maximum Gasteiger partial charge on any atom is 0.251 e. The summed E-state index contributed by atoms with van der Waals surface area (Å²) in [4.78, 5) is 16.1. The van der Waals surface area contributed by atoms with Crippen molar-refractivity contribution in [1.29, 1.82) is 0 Å². The van der Waals surface area contributed by atoms with E-state index in [0.717, 1.165) is 17.8 Å². The monoisotopic (exact) mass is 339 g/mol. The van der Waals surface area contributed by atoms with Crippen LogP contribution in [0.25, 0.3) is 5.69 Å². The van der Waals surface area contributed by atoms with Crippen LogP contribution in [-0.2, 0) is 4.74 Å². The van der Waals surface area contributed by atoms with Crippen LogP contribution < -0.4 is 10.6 Å². The Morgan fingerprint density at radius 3 is 2.78 bits per heavy atom. The molecular formula is C15H22ClN5O2. The number of ether oxygens (including phenoxy) is 1. The van der Waals surface area contributed by atoms with Gasteiger partial charge >= 0.3 is 0 Å². The number of benzene rings is 1. The Balaban J connectivity index is 0.00000264. The lowest BCUT2D eigenvalue weighted by Crippen LogP contribution is -2.33. The third-order valence-corrected chi connectivity index (χ3v) is 3.21. The van der Waals surface area contributed by atoms with Crippen LogP contribution in [0.3, 0.4) is 0 Å². The number of nitrogens with one attached hydrogen (secondary N) is 2. The number of halogens is 1. The molecule has 0 fully saturated rings. The minimum absolute atomic E-state index is 0. The van der Waals surface area contributed by atoms with Crippen molar-refractivity contribution in [2.24, 2.45) is 0 Å². The molecule has 126 valence electrons. The summed E-state index contributed by atoms with van der Waals surface area (Å²) in [5.41, 5.74) is 2.45. The summed E-state index contributed by atoms with van der Waals surface area (Å²) < 4.78 is 6.60. The third kappa shape index (κ3) is 5.63. The molecule has 0 saturated carbocycles. The molecule has 1 aromatic carbocycles. The van der Waals surface area contributed by atoms with Crippen molar-refractivity contribution in [2.45, 2.75) is 6.92 Å². The summed E-state index contributed by atoms with van der Waals surface area (Å²) in [6.45, 7) is 4.64. The van der Waals surface area contributed by atoms with Crippen LogP contribution in [0.5, 0.6) is 0 Å². The number of rotatable bonds is 8. The number of aromatic nitrogens is 3. The molecule has 0 aliphatic rings. The second-order valence-corrected chi connectivity index (χ2v) is 4.84. The van der Waals surface area contributed by atoms with Crippen LogP contribution >= 0.6 is 12.4 Å². The van der Waals surface area contributed by atoms with Crippen LogP contribution in [0.4, 0.5) is 0 Å². The van der Waals surface area contributed by atoms with Crippen LogP contribution in [0, 0.1) is 6.92 Å². The Morgan fingerprint density at radius 1 is 1.30 bits per heavy atom. The smallest absolute Gasteiger partial charge is 0.251 e. The molecule has 0 bridgehead atoms. The first-order chi connectivity index (χ1) is 10.7. The van der Waals surface area contributed by atoms with E-state index in [1.807, 2.05) is 19.1 Å². The van der Waals surface area contributed by atoms with Crippen LogP contribution in [0.15, 0.2) is 30.9 Å². The van der Waals surface area contributed by atoms with Crippen molar-refractivity contribution < 1.29 is 9.53 Å². The van der Waals surface area contributed by atoms with E-state index in [1.165, 1.54) is 6.33 Å². The molecule has 2 N–H and O–H groups in total. The Bertz CT molecular complexity index is 604. The highest BCUT2D eigenvalue weighted by Gasteiger charge is 2.09. The maximum absolute atomic E-state index is 12.2. The van der Waals surface area contributed by atoms with Gasteiger partial charge in [-0.25, -0.2) is 9.67 Å². The van der Waals surface area contributed by atoms with Crippen LogP contribution in [0.1, 0.15) is 15.9 Å². The Hall–Kier alpha value is -1.96. The normalized spacial score (nSPS) is 10.2. The van der Waals surface area contributed by atoms with Crippen LogP contribution in [0.2, 0.25) is 0 Å². The van der Waals surface area contributed by atoms with E-state index in [4.69, 9.17) is 4.74 Å².